The van der Waals surface area contributed by atoms with Crippen molar-refractivity contribution >= 4 is 22.7 Å². The van der Waals surface area contributed by atoms with Crippen LogP contribution in [0.25, 0.3) is 22.0 Å². The summed E-state index contributed by atoms with van der Waals surface area (Å²) in [5, 5.41) is 5.07. The Hall–Kier alpha value is -2.74. The molecule has 8 nitrogen and oxygen atoms in total. The molecule has 1 saturated carbocycles. The quantitative estimate of drug-likeness (QED) is 0.744. The lowest BCUT2D eigenvalue weighted by Gasteiger charge is -2.31. The van der Waals surface area contributed by atoms with E-state index in [1.165, 1.54) is 25.7 Å². The van der Waals surface area contributed by atoms with Crippen LogP contribution in [0.1, 0.15) is 25.7 Å². The molecule has 0 unspecified atom stereocenters. The van der Waals surface area contributed by atoms with Gasteiger partial charge < -0.3 is 10.6 Å². The number of nitrogens with zero attached hydrogens (tertiary/aromatic N) is 7. The molecule has 1 saturated heterocycles. The van der Waals surface area contributed by atoms with Crippen LogP contribution in [0.15, 0.2) is 24.8 Å². The number of nitrogen functional groups attached to an aromatic ring is 1. The lowest BCUT2D eigenvalue weighted by Crippen LogP contribution is -2.39. The topological polar surface area (TPSA) is 89.0 Å². The zero-order chi connectivity index (χ0) is 18.5. The molecule has 0 bridgehead atoms. The molecule has 1 aliphatic carbocycles. The second kappa shape index (κ2) is 6.16. The third-order valence-corrected chi connectivity index (χ3v) is 5.95. The number of fused-ring (bicyclic) bond motifs is 2. The Morgan fingerprint density at radius 1 is 1.04 bits per heavy atom. The average Bonchev–Trinajstić information content (AvgIpc) is 3.26. The summed E-state index contributed by atoms with van der Waals surface area (Å²) < 4.78 is 1.78. The van der Waals surface area contributed by atoms with E-state index in [4.69, 9.17) is 10.7 Å². The Balaban J connectivity index is 1.62. The fourth-order valence-corrected chi connectivity index (χ4v) is 4.57. The van der Waals surface area contributed by atoms with Crippen LogP contribution >= 0.6 is 0 Å². The van der Waals surface area contributed by atoms with Crippen LogP contribution in [0.3, 0.4) is 0 Å². The van der Waals surface area contributed by atoms with Crippen molar-refractivity contribution in [3.63, 3.8) is 0 Å². The second-order valence-corrected chi connectivity index (χ2v) is 7.68. The van der Waals surface area contributed by atoms with Gasteiger partial charge in [-0.25, -0.2) is 15.0 Å². The highest BCUT2D eigenvalue weighted by atomic mass is 15.4. The molecule has 2 fully saturated rings. The molecule has 2 aliphatic rings. The van der Waals surface area contributed by atoms with Gasteiger partial charge in [0, 0.05) is 48.8 Å². The average molecular weight is 364 g/mol. The first-order valence-electron chi connectivity index (χ1n) is 9.49. The van der Waals surface area contributed by atoms with E-state index >= 15 is 0 Å². The first-order chi connectivity index (χ1) is 13.1. The predicted molar refractivity (Wildman–Crippen MR) is 105 cm³/mol. The van der Waals surface area contributed by atoms with E-state index in [2.05, 4.69) is 31.9 Å². The summed E-state index contributed by atoms with van der Waals surface area (Å²) in [4.78, 5) is 18.7. The highest BCUT2D eigenvalue weighted by Crippen LogP contribution is 2.35. The van der Waals surface area contributed by atoms with Crippen molar-refractivity contribution in [3.05, 3.63) is 24.8 Å². The predicted octanol–water partition coefficient (Wildman–Crippen LogP) is 2.03. The Morgan fingerprint density at radius 3 is 2.63 bits per heavy atom. The zero-order valence-electron chi connectivity index (χ0n) is 15.7. The number of anilines is 2. The van der Waals surface area contributed by atoms with Crippen molar-refractivity contribution in [3.8, 4) is 11.1 Å². The van der Waals surface area contributed by atoms with E-state index in [0.29, 0.717) is 17.9 Å². The summed E-state index contributed by atoms with van der Waals surface area (Å²) in [6, 6.07) is 1.08. The van der Waals surface area contributed by atoms with Crippen molar-refractivity contribution in [1.82, 2.24) is 29.6 Å². The number of aromatic nitrogens is 5. The van der Waals surface area contributed by atoms with Gasteiger partial charge in [-0.3, -0.25) is 9.58 Å². The van der Waals surface area contributed by atoms with E-state index in [9.17, 15) is 0 Å². The zero-order valence-corrected chi connectivity index (χ0v) is 15.7. The first-order valence-corrected chi connectivity index (χ1v) is 9.49. The van der Waals surface area contributed by atoms with Crippen LogP contribution < -0.4 is 10.6 Å². The van der Waals surface area contributed by atoms with E-state index in [1.807, 2.05) is 25.6 Å². The molecule has 27 heavy (non-hydrogen) atoms. The monoisotopic (exact) mass is 364 g/mol. The molecule has 2 N–H and O–H groups in total. The van der Waals surface area contributed by atoms with Gasteiger partial charge in [-0.05, 0) is 19.9 Å². The van der Waals surface area contributed by atoms with Crippen molar-refractivity contribution in [2.45, 2.75) is 37.8 Å². The van der Waals surface area contributed by atoms with Crippen LogP contribution in [0.4, 0.5) is 11.8 Å². The van der Waals surface area contributed by atoms with Gasteiger partial charge in [-0.2, -0.15) is 5.10 Å². The number of hydrogen-bond donors (Lipinski definition) is 1. The van der Waals surface area contributed by atoms with Gasteiger partial charge in [-0.15, -0.1) is 0 Å². The molecular weight excluding hydrogens is 340 g/mol. The minimum atomic E-state index is 0.457. The van der Waals surface area contributed by atoms with Gasteiger partial charge in [-0.1, -0.05) is 12.8 Å². The molecule has 0 aromatic carbocycles. The summed E-state index contributed by atoms with van der Waals surface area (Å²) in [7, 11) is 4.10. The van der Waals surface area contributed by atoms with E-state index in [-0.39, 0.29) is 0 Å². The molecule has 3 aromatic rings. The second-order valence-electron chi connectivity index (χ2n) is 7.68. The SMILES string of the molecule is CN1CN(c2ncc3c(N)ncc(-c4cnn(C)c4)c3n2)[C@H]2CCCC[C@H]21. The standard InChI is InChI=1S/C19H24N8/c1-25-11-27(16-6-4-3-5-15(16)25)19-22-9-14-17(24-19)13(8-21-18(14)20)12-7-23-26(2)10-12/h7-10,15-16H,3-6,11H2,1-2H3,(H2,20,21)/t15-,16+/m1/s1. The summed E-state index contributed by atoms with van der Waals surface area (Å²) in [5.41, 5.74) is 8.86. The number of nitrogens with two attached hydrogens (primary N) is 1. The Kier molecular flexibility index (Phi) is 3.75. The van der Waals surface area contributed by atoms with E-state index in [1.54, 1.807) is 10.9 Å². The minimum Gasteiger partial charge on any atom is -0.383 e. The molecule has 4 heterocycles. The lowest BCUT2D eigenvalue weighted by molar-refractivity contribution is 0.247. The third kappa shape index (κ3) is 2.63. The smallest absolute Gasteiger partial charge is 0.227 e. The molecule has 0 amide bonds. The summed E-state index contributed by atoms with van der Waals surface area (Å²) in [5.74, 6) is 1.23. The van der Waals surface area contributed by atoms with Crippen LogP contribution in [0, 0.1) is 0 Å². The van der Waals surface area contributed by atoms with Crippen LogP contribution in [-0.2, 0) is 7.05 Å². The van der Waals surface area contributed by atoms with E-state index in [0.717, 1.165) is 34.6 Å². The Bertz CT molecular complexity index is 997. The molecular formula is C19H24N8. The summed E-state index contributed by atoms with van der Waals surface area (Å²) >= 11 is 0. The fourth-order valence-electron chi connectivity index (χ4n) is 4.57. The van der Waals surface area contributed by atoms with Crippen molar-refractivity contribution < 1.29 is 0 Å². The van der Waals surface area contributed by atoms with Crippen LogP contribution in [0.5, 0.6) is 0 Å². The number of hydrogen-bond acceptors (Lipinski definition) is 7. The summed E-state index contributed by atoms with van der Waals surface area (Å²) in [6.45, 7) is 0.865. The van der Waals surface area contributed by atoms with Crippen LogP contribution in [-0.4, -0.2) is 55.4 Å². The van der Waals surface area contributed by atoms with Crippen molar-refractivity contribution in [2.24, 2.45) is 7.05 Å². The normalized spacial score (nSPS) is 23.1. The molecule has 8 heteroatoms. The largest absolute Gasteiger partial charge is 0.383 e. The van der Waals surface area contributed by atoms with Crippen molar-refractivity contribution in [1.29, 1.82) is 0 Å². The third-order valence-electron chi connectivity index (χ3n) is 5.95. The maximum atomic E-state index is 6.11. The molecule has 3 aromatic heterocycles. The number of aryl methyl sites for hydroxylation is 1. The highest BCUT2D eigenvalue weighted by molar-refractivity contribution is 5.98. The van der Waals surface area contributed by atoms with E-state index < -0.39 is 0 Å². The molecule has 2 atom stereocenters. The lowest BCUT2D eigenvalue weighted by atomic mass is 9.90. The molecule has 0 spiro atoms. The number of pyridine rings is 1. The summed E-state index contributed by atoms with van der Waals surface area (Å²) in [6.07, 6.45) is 12.4. The number of rotatable bonds is 2. The number of likely N-dealkylation sites (N-methyl/N-ethyl adjacent to an activating group) is 1. The highest BCUT2D eigenvalue weighted by Gasteiger charge is 2.40. The van der Waals surface area contributed by atoms with Gasteiger partial charge in [0.05, 0.1) is 23.8 Å². The van der Waals surface area contributed by atoms with Gasteiger partial charge in [0.15, 0.2) is 0 Å². The first kappa shape index (κ1) is 16.4. The van der Waals surface area contributed by atoms with Gasteiger partial charge in [0.25, 0.3) is 0 Å². The fraction of sp³-hybridized carbons (Fsp3) is 0.474. The van der Waals surface area contributed by atoms with Gasteiger partial charge >= 0.3 is 0 Å². The maximum Gasteiger partial charge on any atom is 0.227 e. The Morgan fingerprint density at radius 2 is 1.85 bits per heavy atom. The van der Waals surface area contributed by atoms with Crippen molar-refractivity contribution in [2.75, 3.05) is 24.3 Å². The van der Waals surface area contributed by atoms with Gasteiger partial charge in [0.2, 0.25) is 5.95 Å². The minimum absolute atomic E-state index is 0.457. The van der Waals surface area contributed by atoms with Gasteiger partial charge in [0.1, 0.15) is 5.82 Å². The molecule has 0 radical (unpaired) electrons. The van der Waals surface area contributed by atoms with Crippen LogP contribution in [0.2, 0.25) is 0 Å². The Labute approximate surface area is 158 Å². The molecule has 1 aliphatic heterocycles. The maximum absolute atomic E-state index is 6.11. The molecule has 140 valence electrons. The molecule has 5 rings (SSSR count).